The van der Waals surface area contributed by atoms with Gasteiger partial charge in [0.05, 0.1) is 6.61 Å². The van der Waals surface area contributed by atoms with Crippen LogP contribution in [0.2, 0.25) is 0 Å². The van der Waals surface area contributed by atoms with Crippen molar-refractivity contribution < 1.29 is 9.53 Å². The fraction of sp³-hybridized carbons (Fsp3) is 0.545. The molecule has 1 unspecified atom stereocenters. The monoisotopic (exact) mass is 305 g/mol. The fourth-order valence-electron chi connectivity index (χ4n) is 1.35. The van der Waals surface area contributed by atoms with E-state index in [0.717, 1.165) is 15.9 Å². The summed E-state index contributed by atoms with van der Waals surface area (Å²) in [5.41, 5.74) is 0. The first-order valence-electron chi connectivity index (χ1n) is 5.26. The average molecular weight is 306 g/mol. The van der Waals surface area contributed by atoms with Gasteiger partial charge in [-0.15, -0.1) is 11.3 Å². The zero-order valence-corrected chi connectivity index (χ0v) is 12.1. The van der Waals surface area contributed by atoms with Crippen LogP contribution >= 0.6 is 27.3 Å². The molecule has 1 atom stereocenters. The highest BCUT2D eigenvalue weighted by Crippen LogP contribution is 2.31. The molecule has 0 saturated heterocycles. The summed E-state index contributed by atoms with van der Waals surface area (Å²) >= 11 is 5.06. The third-order valence-corrected chi connectivity index (χ3v) is 4.29. The van der Waals surface area contributed by atoms with Crippen molar-refractivity contribution in [2.75, 3.05) is 13.2 Å². The summed E-state index contributed by atoms with van der Waals surface area (Å²) in [6.45, 7) is 6.95. The predicted octanol–water partition coefficient (Wildman–Crippen LogP) is 3.03. The molecular weight excluding hydrogens is 290 g/mol. The Balaban J connectivity index is 2.88. The number of nitrogens with one attached hydrogen (secondary N) is 1. The SMILES string of the molecule is CCNC(C(=O)OCC)c1cc(Br)c(C)s1. The van der Waals surface area contributed by atoms with Crippen LogP contribution in [-0.2, 0) is 9.53 Å². The Morgan fingerprint density at radius 3 is 2.75 bits per heavy atom. The van der Waals surface area contributed by atoms with Gasteiger partial charge < -0.3 is 10.1 Å². The van der Waals surface area contributed by atoms with Gasteiger partial charge in [0.15, 0.2) is 0 Å². The number of esters is 1. The number of halogens is 1. The van der Waals surface area contributed by atoms with Crippen molar-refractivity contribution in [1.29, 1.82) is 0 Å². The summed E-state index contributed by atoms with van der Waals surface area (Å²) in [6.07, 6.45) is 0. The van der Waals surface area contributed by atoms with Crippen LogP contribution in [0.4, 0.5) is 0 Å². The molecule has 3 nitrogen and oxygen atoms in total. The van der Waals surface area contributed by atoms with Crippen molar-refractivity contribution in [3.05, 3.63) is 20.3 Å². The van der Waals surface area contributed by atoms with Crippen LogP contribution in [0, 0.1) is 6.92 Å². The second-order valence-corrected chi connectivity index (χ2v) is 5.44. The molecule has 1 N–H and O–H groups in total. The van der Waals surface area contributed by atoms with Gasteiger partial charge >= 0.3 is 5.97 Å². The van der Waals surface area contributed by atoms with Crippen molar-refractivity contribution in [2.45, 2.75) is 26.8 Å². The second kappa shape index (κ2) is 6.37. The summed E-state index contributed by atoms with van der Waals surface area (Å²) < 4.78 is 6.09. The number of hydrogen-bond donors (Lipinski definition) is 1. The van der Waals surface area contributed by atoms with E-state index in [1.54, 1.807) is 11.3 Å². The van der Waals surface area contributed by atoms with Crippen LogP contribution < -0.4 is 5.32 Å². The van der Waals surface area contributed by atoms with Crippen LogP contribution in [0.15, 0.2) is 10.5 Å². The van der Waals surface area contributed by atoms with Gasteiger partial charge in [0.25, 0.3) is 0 Å². The molecule has 1 aromatic rings. The molecule has 16 heavy (non-hydrogen) atoms. The molecule has 0 aromatic carbocycles. The first-order chi connectivity index (χ1) is 7.60. The number of ether oxygens (including phenoxy) is 1. The summed E-state index contributed by atoms with van der Waals surface area (Å²) in [6, 6.07) is 1.63. The Morgan fingerprint density at radius 1 is 1.62 bits per heavy atom. The molecule has 0 radical (unpaired) electrons. The molecule has 0 spiro atoms. The van der Waals surface area contributed by atoms with E-state index in [2.05, 4.69) is 21.2 Å². The van der Waals surface area contributed by atoms with Gasteiger partial charge in [0.1, 0.15) is 6.04 Å². The largest absolute Gasteiger partial charge is 0.465 e. The third kappa shape index (κ3) is 3.30. The van der Waals surface area contributed by atoms with E-state index in [9.17, 15) is 4.79 Å². The van der Waals surface area contributed by atoms with Crippen LogP contribution in [-0.4, -0.2) is 19.1 Å². The number of likely N-dealkylation sites (N-methyl/N-ethyl adjacent to an activating group) is 1. The first kappa shape index (κ1) is 13.7. The topological polar surface area (TPSA) is 38.3 Å². The summed E-state index contributed by atoms with van der Waals surface area (Å²) in [4.78, 5) is 13.9. The van der Waals surface area contributed by atoms with Crippen LogP contribution in [0.5, 0.6) is 0 Å². The molecule has 0 aliphatic carbocycles. The van der Waals surface area contributed by atoms with Gasteiger partial charge in [-0.25, -0.2) is 4.79 Å². The normalized spacial score (nSPS) is 12.5. The zero-order valence-electron chi connectivity index (χ0n) is 9.67. The smallest absolute Gasteiger partial charge is 0.328 e. The van der Waals surface area contributed by atoms with Crippen LogP contribution in [0.1, 0.15) is 29.6 Å². The minimum Gasteiger partial charge on any atom is -0.465 e. The van der Waals surface area contributed by atoms with Gasteiger partial charge in [0, 0.05) is 14.2 Å². The summed E-state index contributed by atoms with van der Waals surface area (Å²) in [7, 11) is 0. The molecule has 5 heteroatoms. The van der Waals surface area contributed by atoms with Crippen molar-refractivity contribution in [1.82, 2.24) is 5.32 Å². The Bertz CT molecular complexity index is 345. The maximum atomic E-state index is 11.8. The minimum absolute atomic E-state index is 0.210. The van der Waals surface area contributed by atoms with Gasteiger partial charge in [-0.1, -0.05) is 6.92 Å². The molecule has 1 heterocycles. The molecule has 0 amide bonds. The molecule has 90 valence electrons. The number of carbonyl (C=O) groups is 1. The Hall–Kier alpha value is -0.390. The number of rotatable bonds is 5. The zero-order chi connectivity index (χ0) is 12.1. The lowest BCUT2D eigenvalue weighted by Crippen LogP contribution is -2.29. The maximum Gasteiger partial charge on any atom is 0.328 e. The van der Waals surface area contributed by atoms with Gasteiger partial charge in [-0.05, 0) is 42.4 Å². The van der Waals surface area contributed by atoms with E-state index >= 15 is 0 Å². The molecule has 1 aromatic heterocycles. The minimum atomic E-state index is -0.347. The van der Waals surface area contributed by atoms with Crippen molar-refractivity contribution in [3.63, 3.8) is 0 Å². The lowest BCUT2D eigenvalue weighted by molar-refractivity contribution is -0.145. The highest BCUT2D eigenvalue weighted by molar-refractivity contribution is 9.10. The lowest BCUT2D eigenvalue weighted by atomic mass is 10.2. The number of thiophene rings is 1. The molecule has 1 rings (SSSR count). The van der Waals surface area contributed by atoms with Gasteiger partial charge in [0.2, 0.25) is 0 Å². The Kier molecular flexibility index (Phi) is 5.44. The molecule has 0 bridgehead atoms. The fourth-order valence-corrected chi connectivity index (χ4v) is 2.98. The van der Waals surface area contributed by atoms with Crippen LogP contribution in [0.3, 0.4) is 0 Å². The van der Waals surface area contributed by atoms with E-state index in [0.29, 0.717) is 6.61 Å². The standard InChI is InChI=1S/C11H16BrNO2S/c1-4-13-10(11(14)15-5-2)9-6-8(12)7(3)16-9/h6,10,13H,4-5H2,1-3H3. The highest BCUT2D eigenvalue weighted by Gasteiger charge is 2.23. The average Bonchev–Trinajstić information content (AvgIpc) is 2.55. The lowest BCUT2D eigenvalue weighted by Gasteiger charge is -2.14. The first-order valence-corrected chi connectivity index (χ1v) is 6.86. The molecule has 0 aliphatic heterocycles. The quantitative estimate of drug-likeness (QED) is 0.850. The second-order valence-electron chi connectivity index (χ2n) is 3.30. The van der Waals surface area contributed by atoms with E-state index < -0.39 is 0 Å². The van der Waals surface area contributed by atoms with E-state index in [-0.39, 0.29) is 12.0 Å². The number of hydrogen-bond acceptors (Lipinski definition) is 4. The van der Waals surface area contributed by atoms with Crippen LogP contribution in [0.25, 0.3) is 0 Å². The maximum absolute atomic E-state index is 11.8. The van der Waals surface area contributed by atoms with Crippen molar-refractivity contribution >= 4 is 33.2 Å². The Labute approximate surface area is 108 Å². The molecular formula is C11H16BrNO2S. The van der Waals surface area contributed by atoms with E-state index in [1.807, 2.05) is 26.8 Å². The van der Waals surface area contributed by atoms with E-state index in [1.165, 1.54) is 4.88 Å². The number of carbonyl (C=O) groups excluding carboxylic acids is 1. The Morgan fingerprint density at radius 2 is 2.31 bits per heavy atom. The predicted molar refractivity (Wildman–Crippen MR) is 69.8 cm³/mol. The summed E-state index contributed by atoms with van der Waals surface area (Å²) in [5.74, 6) is -0.210. The molecule has 0 aliphatic rings. The van der Waals surface area contributed by atoms with Gasteiger partial charge in [-0.2, -0.15) is 0 Å². The number of aryl methyl sites for hydroxylation is 1. The van der Waals surface area contributed by atoms with Crippen molar-refractivity contribution in [3.8, 4) is 0 Å². The van der Waals surface area contributed by atoms with E-state index in [4.69, 9.17) is 4.74 Å². The molecule has 0 fully saturated rings. The highest BCUT2D eigenvalue weighted by atomic mass is 79.9. The van der Waals surface area contributed by atoms with Gasteiger partial charge in [-0.3, -0.25) is 0 Å². The van der Waals surface area contributed by atoms with Crippen molar-refractivity contribution in [2.24, 2.45) is 0 Å². The summed E-state index contributed by atoms with van der Waals surface area (Å²) in [5, 5.41) is 3.14. The molecule has 0 saturated carbocycles. The third-order valence-electron chi connectivity index (χ3n) is 2.09.